The lowest BCUT2D eigenvalue weighted by Crippen LogP contribution is -2.42. The van der Waals surface area contributed by atoms with Crippen LogP contribution in [0.25, 0.3) is 0 Å². The van der Waals surface area contributed by atoms with Gasteiger partial charge in [-0.05, 0) is 42.7 Å². The number of nitrogens with one attached hydrogen (secondary N) is 1. The molecule has 1 aliphatic rings. The van der Waals surface area contributed by atoms with Gasteiger partial charge in [-0.2, -0.15) is 0 Å². The average Bonchev–Trinajstić information content (AvgIpc) is 3.50. The zero-order chi connectivity index (χ0) is 22.7. The molecule has 168 valence electrons. The largest absolute Gasteiger partial charge is 0.383 e. The zero-order valence-electron chi connectivity index (χ0n) is 18.4. The van der Waals surface area contributed by atoms with Crippen molar-refractivity contribution in [1.82, 2.24) is 9.55 Å². The van der Waals surface area contributed by atoms with Crippen molar-refractivity contribution >= 4 is 29.0 Å². The second-order valence-electron chi connectivity index (χ2n) is 8.64. The van der Waals surface area contributed by atoms with Gasteiger partial charge in [0.15, 0.2) is 5.69 Å². The normalized spacial score (nSPS) is 17.7. The topological polar surface area (TPSA) is 101 Å². The van der Waals surface area contributed by atoms with E-state index in [4.69, 9.17) is 17.3 Å². The van der Waals surface area contributed by atoms with Crippen LogP contribution in [-0.4, -0.2) is 22.0 Å². The third-order valence-electron chi connectivity index (χ3n) is 5.83. The number of nitrogens with two attached hydrogens (primary N) is 1. The SMILES string of the molecule is CCCCn1c(N)c(N(CCC(C)C)C(=O)C2CC2c2ccccc2Cl)c(=O)[nH]c1=O. The lowest BCUT2D eigenvalue weighted by Gasteiger charge is -2.25. The maximum Gasteiger partial charge on any atom is 0.330 e. The summed E-state index contributed by atoms with van der Waals surface area (Å²) < 4.78 is 1.36. The molecule has 1 saturated carbocycles. The highest BCUT2D eigenvalue weighted by molar-refractivity contribution is 6.31. The van der Waals surface area contributed by atoms with E-state index < -0.39 is 11.2 Å². The zero-order valence-corrected chi connectivity index (χ0v) is 19.1. The maximum atomic E-state index is 13.5. The van der Waals surface area contributed by atoms with Crippen LogP contribution in [0.1, 0.15) is 57.9 Å². The van der Waals surface area contributed by atoms with Crippen LogP contribution in [0.15, 0.2) is 33.9 Å². The molecule has 2 unspecified atom stereocenters. The molecule has 8 heteroatoms. The van der Waals surface area contributed by atoms with E-state index in [9.17, 15) is 14.4 Å². The first-order chi connectivity index (χ1) is 14.8. The van der Waals surface area contributed by atoms with E-state index in [1.165, 1.54) is 9.47 Å². The van der Waals surface area contributed by atoms with Gasteiger partial charge in [-0.1, -0.05) is 57.0 Å². The molecule has 1 aromatic heterocycles. The van der Waals surface area contributed by atoms with Gasteiger partial charge >= 0.3 is 5.69 Å². The van der Waals surface area contributed by atoms with Crippen molar-refractivity contribution < 1.29 is 4.79 Å². The summed E-state index contributed by atoms with van der Waals surface area (Å²) in [6.45, 7) is 6.88. The summed E-state index contributed by atoms with van der Waals surface area (Å²) in [7, 11) is 0. The number of aromatic nitrogens is 2. The fraction of sp³-hybridized carbons (Fsp3) is 0.522. The highest BCUT2D eigenvalue weighted by Crippen LogP contribution is 2.50. The molecule has 0 aliphatic heterocycles. The molecule has 3 rings (SSSR count). The van der Waals surface area contributed by atoms with Crippen molar-refractivity contribution in [3.8, 4) is 0 Å². The van der Waals surface area contributed by atoms with Gasteiger partial charge in [0.25, 0.3) is 5.56 Å². The molecule has 1 amide bonds. The maximum absolute atomic E-state index is 13.5. The molecule has 7 nitrogen and oxygen atoms in total. The average molecular weight is 447 g/mol. The summed E-state index contributed by atoms with van der Waals surface area (Å²) in [6.07, 6.45) is 3.00. The number of anilines is 2. The molecule has 31 heavy (non-hydrogen) atoms. The number of hydrogen-bond donors (Lipinski definition) is 2. The number of unbranched alkanes of at least 4 members (excludes halogenated alkanes) is 1. The van der Waals surface area contributed by atoms with Crippen LogP contribution >= 0.6 is 11.6 Å². The van der Waals surface area contributed by atoms with Crippen LogP contribution in [0, 0.1) is 11.8 Å². The highest BCUT2D eigenvalue weighted by Gasteiger charge is 2.47. The third kappa shape index (κ3) is 5.03. The number of halogens is 1. The molecule has 0 spiro atoms. The number of nitrogens with zero attached hydrogens (tertiary/aromatic N) is 2. The Bertz CT molecular complexity index is 1060. The molecular formula is C23H31ClN4O3. The van der Waals surface area contributed by atoms with Gasteiger partial charge in [0.05, 0.1) is 0 Å². The molecule has 1 heterocycles. The molecule has 1 fully saturated rings. The highest BCUT2D eigenvalue weighted by atomic mass is 35.5. The minimum absolute atomic E-state index is 0.0223. The van der Waals surface area contributed by atoms with E-state index in [0.717, 1.165) is 18.4 Å². The number of amides is 1. The minimum atomic E-state index is -0.623. The van der Waals surface area contributed by atoms with Crippen LogP contribution in [0.5, 0.6) is 0 Å². The van der Waals surface area contributed by atoms with E-state index in [2.05, 4.69) is 18.8 Å². The number of aromatic amines is 1. The van der Waals surface area contributed by atoms with Gasteiger partial charge in [0, 0.05) is 24.0 Å². The number of carbonyl (C=O) groups is 1. The van der Waals surface area contributed by atoms with Crippen LogP contribution in [0.2, 0.25) is 5.02 Å². The van der Waals surface area contributed by atoms with Crippen LogP contribution < -0.4 is 21.9 Å². The first-order valence-electron chi connectivity index (χ1n) is 10.9. The van der Waals surface area contributed by atoms with Crippen LogP contribution in [-0.2, 0) is 11.3 Å². The van der Waals surface area contributed by atoms with Gasteiger partial charge in [0.2, 0.25) is 5.91 Å². The Kier molecular flexibility index (Phi) is 7.26. The Morgan fingerprint density at radius 2 is 2.03 bits per heavy atom. The number of nitrogen functional groups attached to an aromatic ring is 1. The van der Waals surface area contributed by atoms with E-state index in [0.29, 0.717) is 36.9 Å². The molecule has 0 bridgehead atoms. The molecule has 0 saturated heterocycles. The van der Waals surface area contributed by atoms with Gasteiger partial charge < -0.3 is 10.6 Å². The van der Waals surface area contributed by atoms with E-state index >= 15 is 0 Å². The summed E-state index contributed by atoms with van der Waals surface area (Å²) in [5, 5.41) is 0.641. The van der Waals surface area contributed by atoms with Crippen molar-refractivity contribution in [1.29, 1.82) is 0 Å². The lowest BCUT2D eigenvalue weighted by atomic mass is 10.1. The molecule has 3 N–H and O–H groups in total. The van der Waals surface area contributed by atoms with Crippen LogP contribution in [0.3, 0.4) is 0 Å². The van der Waals surface area contributed by atoms with Gasteiger partial charge in [-0.15, -0.1) is 0 Å². The summed E-state index contributed by atoms with van der Waals surface area (Å²) in [5.41, 5.74) is 6.14. The van der Waals surface area contributed by atoms with Gasteiger partial charge in [-0.25, -0.2) is 4.79 Å². The number of benzene rings is 1. The Morgan fingerprint density at radius 1 is 1.32 bits per heavy atom. The predicted molar refractivity (Wildman–Crippen MR) is 125 cm³/mol. The fourth-order valence-electron chi connectivity index (χ4n) is 3.88. The number of rotatable bonds is 9. The fourth-order valence-corrected chi connectivity index (χ4v) is 4.16. The molecule has 2 atom stereocenters. The first-order valence-corrected chi connectivity index (χ1v) is 11.3. The Morgan fingerprint density at radius 3 is 2.68 bits per heavy atom. The second-order valence-corrected chi connectivity index (χ2v) is 9.05. The molecular weight excluding hydrogens is 416 g/mol. The number of hydrogen-bond acceptors (Lipinski definition) is 4. The molecule has 1 aromatic carbocycles. The lowest BCUT2D eigenvalue weighted by molar-refractivity contribution is -0.119. The molecule has 2 aromatic rings. The molecule has 0 radical (unpaired) electrons. The van der Waals surface area contributed by atoms with Gasteiger partial charge in [-0.3, -0.25) is 19.1 Å². The summed E-state index contributed by atoms with van der Waals surface area (Å²) in [4.78, 5) is 42.4. The third-order valence-corrected chi connectivity index (χ3v) is 6.17. The van der Waals surface area contributed by atoms with E-state index in [-0.39, 0.29) is 29.2 Å². The number of H-pyrrole nitrogens is 1. The van der Waals surface area contributed by atoms with Crippen LogP contribution in [0.4, 0.5) is 11.5 Å². The first kappa shape index (κ1) is 23.1. The minimum Gasteiger partial charge on any atom is -0.383 e. The monoisotopic (exact) mass is 446 g/mol. The van der Waals surface area contributed by atoms with Crippen molar-refractivity contribution in [2.75, 3.05) is 17.2 Å². The Hall–Kier alpha value is -2.54. The number of carbonyl (C=O) groups excluding carboxylic acids is 1. The van der Waals surface area contributed by atoms with Gasteiger partial charge in [0.1, 0.15) is 5.82 Å². The van der Waals surface area contributed by atoms with E-state index in [1.807, 2.05) is 31.2 Å². The summed E-state index contributed by atoms with van der Waals surface area (Å²) >= 11 is 6.33. The van der Waals surface area contributed by atoms with E-state index in [1.54, 1.807) is 0 Å². The predicted octanol–water partition coefficient (Wildman–Crippen LogP) is 3.76. The Balaban J connectivity index is 1.97. The second kappa shape index (κ2) is 9.73. The standard InChI is InChI=1S/C23H31ClN4O3/c1-4-5-11-28-20(25)19(21(29)26-23(28)31)27(12-10-14(2)3)22(30)17-13-16(17)15-8-6-7-9-18(15)24/h6-9,14,16-17H,4-5,10-13,25H2,1-3H3,(H,26,29,31). The molecule has 1 aliphatic carbocycles. The summed E-state index contributed by atoms with van der Waals surface area (Å²) in [6, 6.07) is 7.52. The quantitative estimate of drug-likeness (QED) is 0.612. The summed E-state index contributed by atoms with van der Waals surface area (Å²) in [5.74, 6) is -0.00573. The van der Waals surface area contributed by atoms with Crippen molar-refractivity contribution in [3.05, 3.63) is 55.7 Å². The smallest absolute Gasteiger partial charge is 0.330 e. The van der Waals surface area contributed by atoms with Crippen molar-refractivity contribution in [2.45, 2.75) is 58.9 Å². The Labute approximate surface area is 187 Å². The van der Waals surface area contributed by atoms with Crippen molar-refractivity contribution in [3.63, 3.8) is 0 Å². The van der Waals surface area contributed by atoms with Crippen molar-refractivity contribution in [2.24, 2.45) is 11.8 Å².